The van der Waals surface area contributed by atoms with Crippen LogP contribution in [-0.4, -0.2) is 31.2 Å². The number of carbonyl (C=O) groups excluding carboxylic acids is 2. The fourth-order valence-electron chi connectivity index (χ4n) is 0.934. The molecule has 4 nitrogen and oxygen atoms in total. The molecule has 0 saturated carbocycles. The predicted octanol–water partition coefficient (Wildman–Crippen LogP) is 2.15. The molecule has 0 spiro atoms. The maximum Gasteiger partial charge on any atom is 0.373 e. The van der Waals surface area contributed by atoms with Crippen molar-refractivity contribution in [1.29, 1.82) is 0 Å². The molecule has 1 aromatic heterocycles. The highest BCUT2D eigenvalue weighted by molar-refractivity contribution is 6.00. The summed E-state index contributed by atoms with van der Waals surface area (Å²) in [6.45, 7) is 0. The molecule has 0 amide bonds. The van der Waals surface area contributed by atoms with Crippen molar-refractivity contribution in [2.75, 3.05) is 7.11 Å². The zero-order valence-electron chi connectivity index (χ0n) is 8.38. The number of esters is 1. The highest BCUT2D eigenvalue weighted by atomic mass is 19.3. The Labute approximate surface area is 92.1 Å². The van der Waals surface area contributed by atoms with E-state index in [0.717, 1.165) is 13.2 Å². The lowest BCUT2D eigenvalue weighted by molar-refractivity contribution is -0.0969. The minimum absolute atomic E-state index is 0.527. The van der Waals surface area contributed by atoms with Gasteiger partial charge in [-0.1, -0.05) is 0 Å². The Morgan fingerprint density at radius 3 is 2.29 bits per heavy atom. The molecule has 0 radical (unpaired) electrons. The van der Waals surface area contributed by atoms with Gasteiger partial charge >= 0.3 is 18.3 Å². The molecule has 94 valence electrons. The molecule has 8 heteroatoms. The molecule has 1 heterocycles. The second-order valence-electron chi connectivity index (χ2n) is 2.91. The molecule has 0 bridgehead atoms. The summed E-state index contributed by atoms with van der Waals surface area (Å²) in [5.74, 6) is -9.62. The average Bonchev–Trinajstić information content (AvgIpc) is 2.75. The molecule has 17 heavy (non-hydrogen) atoms. The molecule has 0 N–H and O–H groups in total. The fourth-order valence-corrected chi connectivity index (χ4v) is 0.934. The summed E-state index contributed by atoms with van der Waals surface area (Å²) in [5, 5.41) is 0. The van der Waals surface area contributed by atoms with Crippen LogP contribution in [0.25, 0.3) is 0 Å². The second-order valence-corrected chi connectivity index (χ2v) is 2.91. The van der Waals surface area contributed by atoms with Crippen LogP contribution in [0.5, 0.6) is 0 Å². The quantitative estimate of drug-likeness (QED) is 0.469. The van der Waals surface area contributed by atoms with Crippen LogP contribution in [0.4, 0.5) is 17.6 Å². The Morgan fingerprint density at radius 1 is 1.29 bits per heavy atom. The van der Waals surface area contributed by atoms with Gasteiger partial charge in [-0.25, -0.2) is 13.6 Å². The largest absolute Gasteiger partial charge is 0.463 e. The first-order chi connectivity index (χ1) is 7.80. The van der Waals surface area contributed by atoms with Crippen molar-refractivity contribution in [3.05, 3.63) is 23.7 Å². The number of hydrogen-bond donors (Lipinski definition) is 0. The van der Waals surface area contributed by atoms with Crippen molar-refractivity contribution in [2.24, 2.45) is 0 Å². The zero-order valence-corrected chi connectivity index (χ0v) is 8.38. The lowest BCUT2D eigenvalue weighted by Crippen LogP contribution is -2.36. The van der Waals surface area contributed by atoms with Crippen LogP contribution in [-0.2, 0) is 4.74 Å². The fraction of sp³-hybridized carbons (Fsp3) is 0.333. The van der Waals surface area contributed by atoms with Crippen molar-refractivity contribution in [1.82, 2.24) is 0 Å². The lowest BCUT2D eigenvalue weighted by Gasteiger charge is -2.11. The first-order valence-corrected chi connectivity index (χ1v) is 4.19. The Bertz CT molecular complexity index is 438. The van der Waals surface area contributed by atoms with Gasteiger partial charge in [0.1, 0.15) is 0 Å². The monoisotopic (exact) mass is 254 g/mol. The SMILES string of the molecule is COC(=O)c1ccc(C(=O)C(F)(F)C(F)F)o1. The molecular formula is C9H6F4O4. The first kappa shape index (κ1) is 13.2. The highest BCUT2D eigenvalue weighted by Crippen LogP contribution is 2.28. The summed E-state index contributed by atoms with van der Waals surface area (Å²) in [6.07, 6.45) is -4.15. The van der Waals surface area contributed by atoms with E-state index in [9.17, 15) is 27.2 Å². The minimum Gasteiger partial charge on any atom is -0.463 e. The third-order valence-corrected chi connectivity index (χ3v) is 1.79. The van der Waals surface area contributed by atoms with Gasteiger partial charge in [-0.05, 0) is 12.1 Å². The van der Waals surface area contributed by atoms with Gasteiger partial charge in [-0.3, -0.25) is 4.79 Å². The topological polar surface area (TPSA) is 56.5 Å². The highest BCUT2D eigenvalue weighted by Gasteiger charge is 2.50. The number of methoxy groups -OCH3 is 1. The van der Waals surface area contributed by atoms with Crippen molar-refractivity contribution < 1.29 is 36.3 Å². The second kappa shape index (κ2) is 4.56. The Kier molecular flexibility index (Phi) is 3.54. The minimum atomic E-state index is -4.86. The molecular weight excluding hydrogens is 248 g/mol. The number of carbonyl (C=O) groups is 2. The number of ketones is 1. The van der Waals surface area contributed by atoms with Gasteiger partial charge in [0.05, 0.1) is 7.11 Å². The van der Waals surface area contributed by atoms with E-state index in [0.29, 0.717) is 6.07 Å². The summed E-state index contributed by atoms with van der Waals surface area (Å²) >= 11 is 0. The van der Waals surface area contributed by atoms with Crippen LogP contribution in [0.15, 0.2) is 16.5 Å². The number of hydrogen-bond acceptors (Lipinski definition) is 4. The van der Waals surface area contributed by atoms with Crippen LogP contribution in [0.2, 0.25) is 0 Å². The normalized spacial score (nSPS) is 11.6. The van der Waals surface area contributed by atoms with Gasteiger partial charge in [-0.2, -0.15) is 8.78 Å². The molecule has 0 fully saturated rings. The number of rotatable bonds is 4. The summed E-state index contributed by atoms with van der Waals surface area (Å²) < 4.78 is 57.6. The van der Waals surface area contributed by atoms with Crippen molar-refractivity contribution in [3.8, 4) is 0 Å². The Morgan fingerprint density at radius 2 is 1.82 bits per heavy atom. The lowest BCUT2D eigenvalue weighted by atomic mass is 10.2. The summed E-state index contributed by atoms with van der Waals surface area (Å²) in [4.78, 5) is 21.8. The van der Waals surface area contributed by atoms with E-state index in [1.165, 1.54) is 0 Å². The molecule has 0 aliphatic rings. The van der Waals surface area contributed by atoms with E-state index in [1.54, 1.807) is 0 Å². The van der Waals surface area contributed by atoms with Crippen molar-refractivity contribution in [3.63, 3.8) is 0 Å². The Hall–Kier alpha value is -1.86. The van der Waals surface area contributed by atoms with Crippen LogP contribution in [0.3, 0.4) is 0 Å². The van der Waals surface area contributed by atoms with Crippen LogP contribution >= 0.6 is 0 Å². The third-order valence-electron chi connectivity index (χ3n) is 1.79. The average molecular weight is 254 g/mol. The molecule has 0 aliphatic heterocycles. The number of halogens is 4. The van der Waals surface area contributed by atoms with Gasteiger partial charge in [-0.15, -0.1) is 0 Å². The maximum absolute atomic E-state index is 12.6. The van der Waals surface area contributed by atoms with E-state index < -0.39 is 35.6 Å². The predicted molar refractivity (Wildman–Crippen MR) is 45.3 cm³/mol. The van der Waals surface area contributed by atoms with E-state index in [1.807, 2.05) is 0 Å². The standard InChI is InChI=1S/C9H6F4O4/c1-16-7(15)5-3-2-4(17-5)6(14)9(12,13)8(10)11/h2-3,8H,1H3. The van der Waals surface area contributed by atoms with Gasteiger partial charge in [0.2, 0.25) is 5.76 Å². The van der Waals surface area contributed by atoms with E-state index in [-0.39, 0.29) is 0 Å². The molecule has 0 atom stereocenters. The van der Waals surface area contributed by atoms with Crippen LogP contribution < -0.4 is 0 Å². The third kappa shape index (κ3) is 2.45. The molecule has 1 aromatic rings. The van der Waals surface area contributed by atoms with Crippen LogP contribution in [0, 0.1) is 0 Å². The van der Waals surface area contributed by atoms with Crippen LogP contribution in [0.1, 0.15) is 21.1 Å². The summed E-state index contributed by atoms with van der Waals surface area (Å²) in [6, 6.07) is 1.57. The number of Topliss-reactive ketones (excluding diaryl/α,β-unsaturated/α-hetero) is 1. The van der Waals surface area contributed by atoms with E-state index in [4.69, 9.17) is 0 Å². The smallest absolute Gasteiger partial charge is 0.373 e. The number of alkyl halides is 4. The molecule has 1 rings (SSSR count). The zero-order chi connectivity index (χ0) is 13.2. The molecule has 0 aliphatic carbocycles. The number of ether oxygens (including phenoxy) is 1. The van der Waals surface area contributed by atoms with Crippen molar-refractivity contribution >= 4 is 11.8 Å². The molecule has 0 unspecified atom stereocenters. The van der Waals surface area contributed by atoms with Gasteiger partial charge in [0.25, 0.3) is 5.78 Å². The molecule has 0 aromatic carbocycles. The number of furan rings is 1. The maximum atomic E-state index is 12.6. The van der Waals surface area contributed by atoms with Gasteiger partial charge in [0, 0.05) is 0 Å². The molecule has 0 saturated heterocycles. The Balaban J connectivity index is 2.99. The van der Waals surface area contributed by atoms with E-state index in [2.05, 4.69) is 9.15 Å². The van der Waals surface area contributed by atoms with Gasteiger partial charge in [0.15, 0.2) is 5.76 Å². The summed E-state index contributed by atoms with van der Waals surface area (Å²) in [7, 11) is 1.00. The van der Waals surface area contributed by atoms with E-state index >= 15 is 0 Å². The van der Waals surface area contributed by atoms with Gasteiger partial charge < -0.3 is 9.15 Å². The first-order valence-electron chi connectivity index (χ1n) is 4.19. The van der Waals surface area contributed by atoms with Crippen molar-refractivity contribution in [2.45, 2.75) is 12.3 Å². The summed E-state index contributed by atoms with van der Waals surface area (Å²) in [5.41, 5.74) is 0.